The number of ether oxygens (including phenoxy) is 1. The van der Waals surface area contributed by atoms with Crippen molar-refractivity contribution in [3.63, 3.8) is 0 Å². The van der Waals surface area contributed by atoms with Crippen LogP contribution in [0.15, 0.2) is 66.7 Å². The minimum atomic E-state index is -1.05. The van der Waals surface area contributed by atoms with E-state index in [0.29, 0.717) is 21.5 Å². The maximum Gasteiger partial charge on any atom is 0.341 e. The van der Waals surface area contributed by atoms with Crippen LogP contribution in [0.4, 0.5) is 0 Å². The van der Waals surface area contributed by atoms with Gasteiger partial charge in [-0.3, -0.25) is 0 Å². The van der Waals surface area contributed by atoms with Crippen LogP contribution in [0, 0.1) is 6.92 Å². The first-order valence-electron chi connectivity index (χ1n) is 8.01. The number of carboxylic acid groups (broad SMARTS) is 1. The molecule has 2 N–H and O–H groups in total. The Morgan fingerprint density at radius 3 is 2.26 bits per heavy atom. The van der Waals surface area contributed by atoms with Crippen molar-refractivity contribution in [2.75, 3.05) is 6.61 Å². The first kappa shape index (κ1) is 20.6. The summed E-state index contributed by atoms with van der Waals surface area (Å²) in [5, 5.41) is 18.6. The molecular formula is C21H18Cl2O4. The summed E-state index contributed by atoms with van der Waals surface area (Å²) in [6.45, 7) is 1.56. The number of hydrogen-bond donors (Lipinski definition) is 2. The highest BCUT2D eigenvalue weighted by atomic mass is 35.5. The van der Waals surface area contributed by atoms with Crippen molar-refractivity contribution in [1.29, 1.82) is 0 Å². The number of halogens is 2. The lowest BCUT2D eigenvalue weighted by atomic mass is 10.0. The third kappa shape index (κ3) is 6.85. The topological polar surface area (TPSA) is 66.8 Å². The summed E-state index contributed by atoms with van der Waals surface area (Å²) >= 11 is 11.3. The number of aromatic hydroxyl groups is 1. The van der Waals surface area contributed by atoms with E-state index in [2.05, 4.69) is 6.07 Å². The van der Waals surface area contributed by atoms with Crippen LogP contribution < -0.4 is 4.74 Å². The monoisotopic (exact) mass is 404 g/mol. The molecule has 0 atom stereocenters. The number of aliphatic carboxylic acids is 1. The molecule has 0 saturated carbocycles. The molecule has 0 heterocycles. The molecule has 0 aliphatic heterocycles. The van der Waals surface area contributed by atoms with E-state index < -0.39 is 12.6 Å². The molecule has 3 aromatic rings. The van der Waals surface area contributed by atoms with E-state index in [1.807, 2.05) is 37.3 Å². The Bertz CT molecular complexity index is 891. The van der Waals surface area contributed by atoms with Crippen LogP contribution >= 0.6 is 23.2 Å². The van der Waals surface area contributed by atoms with Gasteiger partial charge in [-0.05, 0) is 53.9 Å². The lowest BCUT2D eigenvalue weighted by molar-refractivity contribution is -0.139. The van der Waals surface area contributed by atoms with Crippen LogP contribution in [0.5, 0.6) is 11.5 Å². The Morgan fingerprint density at radius 2 is 1.67 bits per heavy atom. The van der Waals surface area contributed by atoms with E-state index in [0.717, 1.165) is 16.7 Å². The molecule has 0 aromatic heterocycles. The second-order valence-electron chi connectivity index (χ2n) is 5.68. The van der Waals surface area contributed by atoms with E-state index in [9.17, 15) is 9.90 Å². The molecule has 0 fully saturated rings. The molecule has 3 aromatic carbocycles. The van der Waals surface area contributed by atoms with Crippen molar-refractivity contribution in [3.05, 3.63) is 82.3 Å². The quantitative estimate of drug-likeness (QED) is 0.574. The van der Waals surface area contributed by atoms with Crippen molar-refractivity contribution < 1.29 is 19.7 Å². The highest BCUT2D eigenvalue weighted by Crippen LogP contribution is 2.27. The summed E-state index contributed by atoms with van der Waals surface area (Å²) in [6.07, 6.45) is 0. The van der Waals surface area contributed by atoms with Crippen LogP contribution in [0.2, 0.25) is 10.0 Å². The van der Waals surface area contributed by atoms with Gasteiger partial charge >= 0.3 is 5.97 Å². The van der Waals surface area contributed by atoms with E-state index in [1.165, 1.54) is 12.1 Å². The smallest absolute Gasteiger partial charge is 0.341 e. The minimum Gasteiger partial charge on any atom is -0.508 e. The largest absolute Gasteiger partial charge is 0.508 e. The summed E-state index contributed by atoms with van der Waals surface area (Å²) in [4.78, 5) is 10.2. The average Bonchev–Trinajstić information content (AvgIpc) is 2.61. The van der Waals surface area contributed by atoms with Gasteiger partial charge in [-0.1, -0.05) is 59.6 Å². The SMILES string of the molecule is Cc1cc(O)cc(-c2ccccc2)c1.O=C(O)COc1ccc(Cl)cc1Cl. The van der Waals surface area contributed by atoms with Gasteiger partial charge in [0, 0.05) is 5.02 Å². The molecule has 27 heavy (non-hydrogen) atoms. The Kier molecular flexibility index (Phi) is 7.53. The van der Waals surface area contributed by atoms with Crippen LogP contribution in [0.25, 0.3) is 11.1 Å². The van der Waals surface area contributed by atoms with Crippen molar-refractivity contribution >= 4 is 29.2 Å². The van der Waals surface area contributed by atoms with Gasteiger partial charge < -0.3 is 14.9 Å². The van der Waals surface area contributed by atoms with Gasteiger partial charge in [0.05, 0.1) is 5.02 Å². The first-order chi connectivity index (χ1) is 12.8. The van der Waals surface area contributed by atoms with Crippen molar-refractivity contribution in [3.8, 4) is 22.6 Å². The first-order valence-corrected chi connectivity index (χ1v) is 8.76. The Labute approximate surface area is 167 Å². The number of phenolic OH excluding ortho intramolecular Hbond substituents is 1. The molecule has 0 saturated heterocycles. The van der Waals surface area contributed by atoms with Gasteiger partial charge in [-0.25, -0.2) is 4.79 Å². The molecule has 0 amide bonds. The molecule has 4 nitrogen and oxygen atoms in total. The summed E-state index contributed by atoms with van der Waals surface area (Å²) in [6, 6.07) is 20.2. The highest BCUT2D eigenvalue weighted by Gasteiger charge is 2.04. The summed E-state index contributed by atoms with van der Waals surface area (Å²) < 4.78 is 4.86. The zero-order chi connectivity index (χ0) is 19.8. The molecule has 0 bridgehead atoms. The number of hydrogen-bond acceptors (Lipinski definition) is 3. The molecule has 140 valence electrons. The molecule has 6 heteroatoms. The van der Waals surface area contributed by atoms with Gasteiger partial charge in [0.15, 0.2) is 6.61 Å². The van der Waals surface area contributed by atoms with Gasteiger partial charge in [0.25, 0.3) is 0 Å². The second-order valence-corrected chi connectivity index (χ2v) is 6.52. The van der Waals surface area contributed by atoms with E-state index in [-0.39, 0.29) is 0 Å². The zero-order valence-electron chi connectivity index (χ0n) is 14.5. The van der Waals surface area contributed by atoms with Gasteiger partial charge in [0.1, 0.15) is 11.5 Å². The molecule has 0 aliphatic carbocycles. The Morgan fingerprint density at radius 1 is 0.963 bits per heavy atom. The molecule has 3 rings (SSSR count). The highest BCUT2D eigenvalue weighted by molar-refractivity contribution is 6.35. The summed E-state index contributed by atoms with van der Waals surface area (Å²) in [7, 11) is 0. The molecular weight excluding hydrogens is 387 g/mol. The van der Waals surface area contributed by atoms with Crippen molar-refractivity contribution in [1.82, 2.24) is 0 Å². The van der Waals surface area contributed by atoms with E-state index in [1.54, 1.807) is 18.2 Å². The zero-order valence-corrected chi connectivity index (χ0v) is 16.0. The van der Waals surface area contributed by atoms with Crippen LogP contribution in [-0.2, 0) is 4.79 Å². The Balaban J connectivity index is 0.000000194. The van der Waals surface area contributed by atoms with Crippen LogP contribution in [0.1, 0.15) is 5.56 Å². The third-order valence-corrected chi connectivity index (χ3v) is 3.94. The maximum atomic E-state index is 10.2. The molecule has 0 unspecified atom stereocenters. The van der Waals surface area contributed by atoms with Crippen molar-refractivity contribution in [2.24, 2.45) is 0 Å². The number of carboxylic acids is 1. The van der Waals surface area contributed by atoms with Crippen LogP contribution in [0.3, 0.4) is 0 Å². The number of aryl methyl sites for hydroxylation is 1. The predicted octanol–water partition coefficient (Wildman–Crippen LogP) is 5.82. The summed E-state index contributed by atoms with van der Waals surface area (Å²) in [5.74, 6) is -0.414. The predicted molar refractivity (Wildman–Crippen MR) is 108 cm³/mol. The second kappa shape index (κ2) is 9.86. The maximum absolute atomic E-state index is 10.2. The number of benzene rings is 3. The van der Waals surface area contributed by atoms with Gasteiger partial charge in [-0.2, -0.15) is 0 Å². The van der Waals surface area contributed by atoms with E-state index >= 15 is 0 Å². The standard InChI is InChI=1S/C13H12O.C8H6Cl2O3/c1-10-7-12(9-13(14)8-10)11-5-3-2-4-6-11;9-5-1-2-7(6(10)3-5)13-4-8(11)12/h2-9,14H,1H3;1-3H,4H2,(H,11,12). The summed E-state index contributed by atoms with van der Waals surface area (Å²) in [5.41, 5.74) is 3.26. The third-order valence-electron chi connectivity index (χ3n) is 3.41. The number of rotatable bonds is 4. The lowest BCUT2D eigenvalue weighted by Gasteiger charge is -2.04. The lowest BCUT2D eigenvalue weighted by Crippen LogP contribution is -2.09. The fourth-order valence-corrected chi connectivity index (χ4v) is 2.75. The Hall–Kier alpha value is -2.69. The normalized spacial score (nSPS) is 9.89. The average molecular weight is 405 g/mol. The molecule has 0 radical (unpaired) electrons. The van der Waals surface area contributed by atoms with Gasteiger partial charge in [-0.15, -0.1) is 0 Å². The number of carbonyl (C=O) groups is 1. The van der Waals surface area contributed by atoms with E-state index in [4.69, 9.17) is 33.0 Å². The van der Waals surface area contributed by atoms with Crippen molar-refractivity contribution in [2.45, 2.75) is 6.92 Å². The molecule has 0 spiro atoms. The molecule has 0 aliphatic rings. The fraction of sp³-hybridized carbons (Fsp3) is 0.0952. The number of phenols is 1. The minimum absolute atomic E-state index is 0.300. The fourth-order valence-electron chi connectivity index (χ4n) is 2.29. The van der Waals surface area contributed by atoms with Gasteiger partial charge in [0.2, 0.25) is 0 Å². The van der Waals surface area contributed by atoms with Crippen LogP contribution in [-0.4, -0.2) is 22.8 Å².